The molecule has 2 heterocycles. The lowest BCUT2D eigenvalue weighted by Gasteiger charge is -2.09. The molecule has 0 radical (unpaired) electrons. The van der Waals surface area contributed by atoms with Gasteiger partial charge >= 0.3 is 0 Å². The molecule has 1 aliphatic rings. The number of aliphatic imine (C=N–C) groups is 1. The van der Waals surface area contributed by atoms with E-state index in [1.165, 1.54) is 23.9 Å². The molecule has 0 aliphatic carbocycles. The molecule has 1 aromatic heterocycles. The molecular formula is C22H16Cl2N4O3S. The van der Waals surface area contributed by atoms with Gasteiger partial charge in [-0.2, -0.15) is 0 Å². The number of amides is 1. The molecule has 0 spiro atoms. The number of halogens is 2. The number of carbonyl (C=O) groups excluding carboxylic acids is 1. The molecule has 32 heavy (non-hydrogen) atoms. The van der Waals surface area contributed by atoms with Crippen LogP contribution in [0.5, 0.6) is 0 Å². The van der Waals surface area contributed by atoms with Crippen LogP contribution in [0.2, 0.25) is 10.0 Å². The van der Waals surface area contributed by atoms with E-state index in [0.717, 1.165) is 17.0 Å². The summed E-state index contributed by atoms with van der Waals surface area (Å²) in [4.78, 5) is 28.1. The zero-order valence-electron chi connectivity index (χ0n) is 16.9. The first-order chi connectivity index (χ1) is 15.2. The number of thioether (sulfide) groups is 1. The minimum Gasteiger partial charge on any atom is -0.318 e. The van der Waals surface area contributed by atoms with Crippen LogP contribution in [0.15, 0.2) is 58.4 Å². The summed E-state index contributed by atoms with van der Waals surface area (Å²) in [6, 6.07) is 13.3. The Labute approximate surface area is 197 Å². The summed E-state index contributed by atoms with van der Waals surface area (Å²) < 4.78 is 1.92. The number of rotatable bonds is 4. The molecule has 0 saturated carbocycles. The Morgan fingerprint density at radius 1 is 1.12 bits per heavy atom. The van der Waals surface area contributed by atoms with E-state index in [1.807, 2.05) is 30.5 Å². The van der Waals surface area contributed by atoms with Gasteiger partial charge in [-0.1, -0.05) is 29.3 Å². The number of benzene rings is 2. The van der Waals surface area contributed by atoms with Crippen LogP contribution in [0.1, 0.15) is 17.0 Å². The molecule has 0 bridgehead atoms. The van der Waals surface area contributed by atoms with Crippen LogP contribution < -0.4 is 5.32 Å². The van der Waals surface area contributed by atoms with Gasteiger partial charge in [0.1, 0.15) is 0 Å². The number of hydrogen-bond donors (Lipinski definition) is 1. The van der Waals surface area contributed by atoms with Crippen molar-refractivity contribution in [3.05, 3.63) is 90.5 Å². The first-order valence-electron chi connectivity index (χ1n) is 9.41. The third-order valence-corrected chi connectivity index (χ3v) is 6.49. The smallest absolute Gasteiger partial charge is 0.271 e. The van der Waals surface area contributed by atoms with Crippen molar-refractivity contribution in [2.45, 2.75) is 13.8 Å². The summed E-state index contributed by atoms with van der Waals surface area (Å²) in [6.45, 7) is 3.81. The van der Waals surface area contributed by atoms with E-state index in [9.17, 15) is 14.9 Å². The number of carbonyl (C=O) groups is 1. The van der Waals surface area contributed by atoms with Crippen molar-refractivity contribution in [3.8, 4) is 5.69 Å². The fourth-order valence-electron chi connectivity index (χ4n) is 3.37. The lowest BCUT2D eigenvalue weighted by atomic mass is 10.2. The second-order valence-corrected chi connectivity index (χ2v) is 8.86. The number of aromatic nitrogens is 1. The summed E-state index contributed by atoms with van der Waals surface area (Å²) in [5.74, 6) is -0.256. The number of non-ortho nitro benzene ring substituents is 1. The number of amidine groups is 1. The van der Waals surface area contributed by atoms with Crippen LogP contribution in [0.25, 0.3) is 11.8 Å². The van der Waals surface area contributed by atoms with Crippen molar-refractivity contribution >= 4 is 63.5 Å². The highest BCUT2D eigenvalue weighted by molar-refractivity contribution is 8.18. The Morgan fingerprint density at radius 3 is 2.62 bits per heavy atom. The maximum Gasteiger partial charge on any atom is 0.271 e. The fourth-order valence-corrected chi connectivity index (χ4v) is 4.50. The fraction of sp³-hybridized carbons (Fsp3) is 0.0909. The molecule has 1 aliphatic heterocycles. The maximum absolute atomic E-state index is 12.5. The molecule has 162 valence electrons. The van der Waals surface area contributed by atoms with E-state index in [4.69, 9.17) is 23.2 Å². The zero-order chi connectivity index (χ0) is 23.0. The monoisotopic (exact) mass is 486 g/mol. The highest BCUT2D eigenvalue weighted by atomic mass is 35.5. The quantitative estimate of drug-likeness (QED) is 0.270. The standard InChI is InChI=1S/C22H16Cl2N4O3S/c1-12-8-14(13(2)27(12)16-4-3-5-17(11-16)28(30)31)9-20-21(29)26-22(32-20)25-15-6-7-18(23)19(24)10-15/h3-11H,1-2H3,(H,25,26,29)/b20-9-. The maximum atomic E-state index is 12.5. The van der Waals surface area contributed by atoms with Crippen molar-refractivity contribution < 1.29 is 9.72 Å². The van der Waals surface area contributed by atoms with Crippen molar-refractivity contribution in [3.63, 3.8) is 0 Å². The average Bonchev–Trinajstić information content (AvgIpc) is 3.23. The van der Waals surface area contributed by atoms with Gasteiger partial charge in [0, 0.05) is 23.5 Å². The van der Waals surface area contributed by atoms with Crippen molar-refractivity contribution in [1.29, 1.82) is 0 Å². The first kappa shape index (κ1) is 22.1. The first-order valence-corrected chi connectivity index (χ1v) is 11.0. The predicted octanol–water partition coefficient (Wildman–Crippen LogP) is 6.20. The second kappa shape index (κ2) is 8.82. The van der Waals surface area contributed by atoms with Gasteiger partial charge in [0.15, 0.2) is 5.17 Å². The van der Waals surface area contributed by atoms with E-state index < -0.39 is 4.92 Å². The molecule has 10 heteroatoms. The van der Waals surface area contributed by atoms with E-state index in [1.54, 1.807) is 30.3 Å². The van der Waals surface area contributed by atoms with Crippen molar-refractivity contribution in [1.82, 2.24) is 9.88 Å². The number of nitrogens with one attached hydrogen (secondary N) is 1. The number of aryl methyl sites for hydroxylation is 1. The lowest BCUT2D eigenvalue weighted by Crippen LogP contribution is -2.19. The minimum absolute atomic E-state index is 0.0174. The Balaban J connectivity index is 1.65. The Hall–Kier alpha value is -3.07. The molecule has 1 amide bonds. The molecule has 0 atom stereocenters. The predicted molar refractivity (Wildman–Crippen MR) is 129 cm³/mol. The Kier molecular flexibility index (Phi) is 6.10. The van der Waals surface area contributed by atoms with Gasteiger partial charge in [0.2, 0.25) is 0 Å². The summed E-state index contributed by atoms with van der Waals surface area (Å²) in [5.41, 5.74) is 3.87. The van der Waals surface area contributed by atoms with Crippen LogP contribution in [-0.4, -0.2) is 20.6 Å². The Morgan fingerprint density at radius 2 is 1.91 bits per heavy atom. The molecule has 4 rings (SSSR count). The lowest BCUT2D eigenvalue weighted by molar-refractivity contribution is -0.384. The molecule has 3 aromatic rings. The van der Waals surface area contributed by atoms with E-state index in [0.29, 0.717) is 31.5 Å². The van der Waals surface area contributed by atoms with Crippen molar-refractivity contribution in [2.75, 3.05) is 0 Å². The molecule has 0 unspecified atom stereocenters. The number of nitro benzene ring substituents is 1. The van der Waals surface area contributed by atoms with Crippen LogP contribution >= 0.6 is 35.0 Å². The average molecular weight is 487 g/mol. The van der Waals surface area contributed by atoms with Gasteiger partial charge in [-0.3, -0.25) is 14.9 Å². The highest BCUT2D eigenvalue weighted by Gasteiger charge is 2.25. The Bertz CT molecular complexity index is 1330. The number of nitrogens with zero attached hydrogens (tertiary/aromatic N) is 3. The number of nitro groups is 1. The summed E-state index contributed by atoms with van der Waals surface area (Å²) >= 11 is 13.2. The summed E-state index contributed by atoms with van der Waals surface area (Å²) in [5, 5.41) is 15.1. The van der Waals surface area contributed by atoms with Crippen LogP contribution in [0, 0.1) is 24.0 Å². The normalized spacial score (nSPS) is 16.1. The van der Waals surface area contributed by atoms with Crippen LogP contribution in [0.3, 0.4) is 0 Å². The van der Waals surface area contributed by atoms with Gasteiger partial charge in [-0.25, -0.2) is 4.99 Å². The SMILES string of the molecule is Cc1cc(/C=C2\SC(=Nc3ccc(Cl)c(Cl)c3)NC2=O)c(C)n1-c1cccc([N+](=O)[O-])c1. The third kappa shape index (κ3) is 4.43. The van der Waals surface area contributed by atoms with Gasteiger partial charge in [-0.05, 0) is 67.6 Å². The highest BCUT2D eigenvalue weighted by Crippen LogP contribution is 2.32. The van der Waals surface area contributed by atoms with Crippen LogP contribution in [-0.2, 0) is 4.79 Å². The van der Waals surface area contributed by atoms with Gasteiger partial charge < -0.3 is 9.88 Å². The minimum atomic E-state index is -0.422. The van der Waals surface area contributed by atoms with E-state index in [2.05, 4.69) is 10.3 Å². The van der Waals surface area contributed by atoms with Gasteiger partial charge in [0.25, 0.3) is 11.6 Å². The van der Waals surface area contributed by atoms with Gasteiger partial charge in [0.05, 0.1) is 31.2 Å². The van der Waals surface area contributed by atoms with Gasteiger partial charge in [-0.15, -0.1) is 0 Å². The largest absolute Gasteiger partial charge is 0.318 e. The molecule has 1 saturated heterocycles. The summed E-state index contributed by atoms with van der Waals surface area (Å²) in [7, 11) is 0. The van der Waals surface area contributed by atoms with Crippen LogP contribution in [0.4, 0.5) is 11.4 Å². The molecule has 1 fully saturated rings. The number of hydrogen-bond acceptors (Lipinski definition) is 5. The topological polar surface area (TPSA) is 89.5 Å². The summed E-state index contributed by atoms with van der Waals surface area (Å²) in [6.07, 6.45) is 1.79. The second-order valence-electron chi connectivity index (χ2n) is 7.02. The zero-order valence-corrected chi connectivity index (χ0v) is 19.3. The van der Waals surface area contributed by atoms with E-state index >= 15 is 0 Å². The molecular weight excluding hydrogens is 471 g/mol. The molecule has 1 N–H and O–H groups in total. The molecule has 2 aromatic carbocycles. The van der Waals surface area contributed by atoms with E-state index in [-0.39, 0.29) is 11.6 Å². The third-order valence-electron chi connectivity index (χ3n) is 4.84. The molecule has 7 nitrogen and oxygen atoms in total. The van der Waals surface area contributed by atoms with Crippen molar-refractivity contribution in [2.24, 2.45) is 4.99 Å².